The summed E-state index contributed by atoms with van der Waals surface area (Å²) in [7, 11) is 0. The zero-order chi connectivity index (χ0) is 11.7. The fourth-order valence-electron chi connectivity index (χ4n) is 2.02. The molecule has 0 bridgehead atoms. The van der Waals surface area contributed by atoms with Gasteiger partial charge in [0.2, 0.25) is 0 Å². The first-order chi connectivity index (χ1) is 7.63. The lowest BCUT2D eigenvalue weighted by atomic mass is 9.81. The summed E-state index contributed by atoms with van der Waals surface area (Å²) in [5.74, 6) is 4.03. The van der Waals surface area contributed by atoms with Gasteiger partial charge in [0.25, 0.3) is 0 Å². The first-order valence-corrected chi connectivity index (χ1v) is 5.96. The monoisotopic (exact) mass is 276 g/mol. The lowest BCUT2D eigenvalue weighted by Crippen LogP contribution is -2.25. The molecule has 2 rings (SSSR count). The van der Waals surface area contributed by atoms with E-state index in [1.54, 1.807) is 0 Å². The molecule has 0 fully saturated rings. The van der Waals surface area contributed by atoms with Crippen LogP contribution in [0.1, 0.15) is 18.4 Å². The molecule has 82 valence electrons. The molecule has 1 heterocycles. The lowest BCUT2D eigenvalue weighted by molar-refractivity contribution is 0.233. The molecule has 0 spiro atoms. The number of rotatable bonds is 1. The van der Waals surface area contributed by atoms with E-state index < -0.39 is 0 Å². The number of benzene rings is 1. The minimum absolute atomic E-state index is 0.0683. The van der Waals surface area contributed by atoms with Gasteiger partial charge < -0.3 is 4.74 Å². The molecule has 1 nitrogen and oxygen atoms in total. The Labute approximate surface area is 105 Å². The van der Waals surface area contributed by atoms with Gasteiger partial charge in [-0.2, -0.15) is 0 Å². The quantitative estimate of drug-likeness (QED) is 0.561. The second-order valence-corrected chi connectivity index (χ2v) is 5.01. The van der Waals surface area contributed by atoms with E-state index in [1.807, 2.05) is 25.1 Å². The van der Waals surface area contributed by atoms with E-state index in [4.69, 9.17) is 11.2 Å². The number of ether oxygens (including phenoxy) is 1. The van der Waals surface area contributed by atoms with E-state index in [9.17, 15) is 0 Å². The molecule has 0 amide bonds. The molecule has 1 aliphatic rings. The van der Waals surface area contributed by atoms with E-state index >= 15 is 0 Å². The highest BCUT2D eigenvalue weighted by Crippen LogP contribution is 2.40. The first-order valence-electron chi connectivity index (χ1n) is 5.17. The molecule has 0 N–H and O–H groups in total. The zero-order valence-corrected chi connectivity index (χ0v) is 10.8. The van der Waals surface area contributed by atoms with Crippen molar-refractivity contribution >= 4 is 15.9 Å². The fraction of sp³-hybridized carbons (Fsp3) is 0.286. The first kappa shape index (κ1) is 11.3. The maximum Gasteiger partial charge on any atom is 0.123 e. The van der Waals surface area contributed by atoms with Gasteiger partial charge in [-0.1, -0.05) is 34.0 Å². The smallest absolute Gasteiger partial charge is 0.123 e. The molecular weight excluding hydrogens is 264 g/mol. The van der Waals surface area contributed by atoms with Gasteiger partial charge in [-0.25, -0.2) is 0 Å². The van der Waals surface area contributed by atoms with Crippen molar-refractivity contribution in [3.8, 4) is 18.1 Å². The SMILES string of the molecule is C#C[C@@H]1c2cc(Br)ccc2OC[C@@H]1C(=C)C. The van der Waals surface area contributed by atoms with Crippen LogP contribution < -0.4 is 4.74 Å². The Morgan fingerprint density at radius 2 is 2.38 bits per heavy atom. The van der Waals surface area contributed by atoms with Crippen LogP contribution in [-0.2, 0) is 0 Å². The minimum Gasteiger partial charge on any atom is -0.493 e. The zero-order valence-electron chi connectivity index (χ0n) is 9.16. The maximum absolute atomic E-state index is 5.71. The normalized spacial score (nSPS) is 22.8. The second kappa shape index (κ2) is 4.35. The van der Waals surface area contributed by atoms with Gasteiger partial charge in [0.05, 0.1) is 12.5 Å². The van der Waals surface area contributed by atoms with Crippen molar-refractivity contribution in [1.29, 1.82) is 0 Å². The van der Waals surface area contributed by atoms with Crippen LogP contribution >= 0.6 is 15.9 Å². The molecule has 0 aromatic heterocycles. The largest absolute Gasteiger partial charge is 0.493 e. The summed E-state index contributed by atoms with van der Waals surface area (Å²) in [5.41, 5.74) is 2.16. The van der Waals surface area contributed by atoms with Crippen molar-refractivity contribution in [3.63, 3.8) is 0 Å². The minimum atomic E-state index is 0.0683. The van der Waals surface area contributed by atoms with Crippen molar-refractivity contribution in [3.05, 3.63) is 40.4 Å². The topological polar surface area (TPSA) is 9.23 Å². The Bertz CT molecular complexity index is 470. The Morgan fingerprint density at radius 3 is 3.00 bits per heavy atom. The summed E-state index contributed by atoms with van der Waals surface area (Å²) in [6, 6.07) is 5.96. The third-order valence-electron chi connectivity index (χ3n) is 2.94. The molecule has 0 unspecified atom stereocenters. The number of terminal acetylenes is 1. The summed E-state index contributed by atoms with van der Waals surface area (Å²) in [5, 5.41) is 0. The van der Waals surface area contributed by atoms with Crippen molar-refractivity contribution in [1.82, 2.24) is 0 Å². The number of fused-ring (bicyclic) bond motifs is 1. The molecular formula is C14H13BrO. The highest BCUT2D eigenvalue weighted by Gasteiger charge is 2.30. The van der Waals surface area contributed by atoms with Crippen LogP contribution in [0.2, 0.25) is 0 Å². The van der Waals surface area contributed by atoms with E-state index in [-0.39, 0.29) is 11.8 Å². The Balaban J connectivity index is 2.48. The number of hydrogen-bond acceptors (Lipinski definition) is 1. The predicted molar refractivity (Wildman–Crippen MR) is 69.5 cm³/mol. The fourth-order valence-corrected chi connectivity index (χ4v) is 2.40. The molecule has 1 aromatic carbocycles. The van der Waals surface area contributed by atoms with Gasteiger partial charge in [-0.3, -0.25) is 0 Å². The summed E-state index contributed by atoms with van der Waals surface area (Å²) < 4.78 is 6.73. The third kappa shape index (κ3) is 1.88. The number of halogens is 1. The molecule has 0 aliphatic carbocycles. The molecule has 2 heteroatoms. The van der Waals surface area contributed by atoms with E-state index in [1.165, 1.54) is 0 Å². The van der Waals surface area contributed by atoms with Crippen molar-refractivity contribution < 1.29 is 4.74 Å². The number of hydrogen-bond donors (Lipinski definition) is 0. The van der Waals surface area contributed by atoms with Crippen LogP contribution in [0.25, 0.3) is 0 Å². The van der Waals surface area contributed by atoms with Gasteiger partial charge >= 0.3 is 0 Å². The van der Waals surface area contributed by atoms with E-state index in [0.717, 1.165) is 21.4 Å². The van der Waals surface area contributed by atoms with Crippen molar-refractivity contribution in [2.24, 2.45) is 5.92 Å². The maximum atomic E-state index is 5.71. The molecule has 16 heavy (non-hydrogen) atoms. The Morgan fingerprint density at radius 1 is 1.62 bits per heavy atom. The molecule has 0 radical (unpaired) electrons. The molecule has 2 atom stereocenters. The standard InChI is InChI=1S/C14H13BrO/c1-4-11-12-7-10(15)5-6-14(12)16-8-13(11)9(2)3/h1,5-7,11,13H,2,8H2,3H3/t11-,13-/m1/s1. The van der Waals surface area contributed by atoms with Crippen LogP contribution in [0.4, 0.5) is 0 Å². The molecule has 1 aliphatic heterocycles. The van der Waals surface area contributed by atoms with Crippen LogP contribution in [0.3, 0.4) is 0 Å². The van der Waals surface area contributed by atoms with Crippen LogP contribution in [0.15, 0.2) is 34.8 Å². The highest BCUT2D eigenvalue weighted by molar-refractivity contribution is 9.10. The van der Waals surface area contributed by atoms with Crippen molar-refractivity contribution in [2.75, 3.05) is 6.61 Å². The van der Waals surface area contributed by atoms with Gasteiger partial charge in [-0.05, 0) is 25.1 Å². The highest BCUT2D eigenvalue weighted by atomic mass is 79.9. The average Bonchev–Trinajstić information content (AvgIpc) is 2.27. The van der Waals surface area contributed by atoms with Crippen molar-refractivity contribution in [2.45, 2.75) is 12.8 Å². The average molecular weight is 277 g/mol. The van der Waals surface area contributed by atoms with Gasteiger partial charge in [0, 0.05) is 16.0 Å². The van der Waals surface area contributed by atoms with Crippen LogP contribution in [-0.4, -0.2) is 6.61 Å². The Kier molecular flexibility index (Phi) is 3.07. The third-order valence-corrected chi connectivity index (χ3v) is 3.43. The van der Waals surface area contributed by atoms with E-state index in [0.29, 0.717) is 6.61 Å². The molecule has 1 aromatic rings. The second-order valence-electron chi connectivity index (χ2n) is 4.09. The van der Waals surface area contributed by atoms with E-state index in [2.05, 4.69) is 28.4 Å². The summed E-state index contributed by atoms with van der Waals surface area (Å²) in [6.07, 6.45) is 5.63. The molecule has 0 saturated heterocycles. The predicted octanol–water partition coefficient (Wildman–Crippen LogP) is 3.75. The lowest BCUT2D eigenvalue weighted by Gasteiger charge is -2.31. The van der Waals surface area contributed by atoms with Gasteiger partial charge in [0.1, 0.15) is 5.75 Å². The summed E-state index contributed by atoms with van der Waals surface area (Å²) >= 11 is 3.46. The molecule has 0 saturated carbocycles. The van der Waals surface area contributed by atoms with Gasteiger partial charge in [-0.15, -0.1) is 6.42 Å². The van der Waals surface area contributed by atoms with Crippen LogP contribution in [0.5, 0.6) is 5.75 Å². The summed E-state index contributed by atoms with van der Waals surface area (Å²) in [4.78, 5) is 0. The summed E-state index contributed by atoms with van der Waals surface area (Å²) in [6.45, 7) is 6.61. The Hall–Kier alpha value is -1.20. The van der Waals surface area contributed by atoms with Gasteiger partial charge in [0.15, 0.2) is 0 Å². The van der Waals surface area contributed by atoms with Crippen LogP contribution in [0, 0.1) is 18.3 Å².